The maximum absolute atomic E-state index is 11.8. The third-order valence-electron chi connectivity index (χ3n) is 2.46. The van der Waals surface area contributed by atoms with Crippen molar-refractivity contribution >= 4 is 27.1 Å². The van der Waals surface area contributed by atoms with Crippen molar-refractivity contribution in [1.82, 2.24) is 19.9 Å². The summed E-state index contributed by atoms with van der Waals surface area (Å²) in [6, 6.07) is 7.50. The van der Waals surface area contributed by atoms with Gasteiger partial charge in [0.2, 0.25) is 0 Å². The number of nitrogens with zero attached hydrogens (tertiary/aromatic N) is 3. The molecule has 2 aromatic heterocycles. The van der Waals surface area contributed by atoms with Crippen molar-refractivity contribution in [2.24, 2.45) is 0 Å². The second-order valence-electron chi connectivity index (χ2n) is 3.65. The predicted octanol–water partition coefficient (Wildman–Crippen LogP) is 3.17. The first kappa shape index (κ1) is 14.3. The van der Waals surface area contributed by atoms with Crippen LogP contribution in [0.25, 0.3) is 22.6 Å². The Balaban J connectivity index is 0.000000704. The van der Waals surface area contributed by atoms with Crippen molar-refractivity contribution in [3.63, 3.8) is 0 Å². The largest absolute Gasteiger partial charge is 0.305 e. The summed E-state index contributed by atoms with van der Waals surface area (Å²) >= 11 is 3.36. The van der Waals surface area contributed by atoms with E-state index in [0.29, 0.717) is 11.5 Å². The van der Waals surface area contributed by atoms with E-state index in [0.717, 1.165) is 10.0 Å². The summed E-state index contributed by atoms with van der Waals surface area (Å²) in [5.74, 6) is 0.487. The highest BCUT2D eigenvalue weighted by Crippen LogP contribution is 2.18. The van der Waals surface area contributed by atoms with Gasteiger partial charge in [0.25, 0.3) is 5.56 Å². The molecule has 0 spiro atoms. The summed E-state index contributed by atoms with van der Waals surface area (Å²) in [6.45, 7) is 4.00. The summed E-state index contributed by atoms with van der Waals surface area (Å²) in [5.41, 5.74) is 1.13. The molecule has 0 saturated heterocycles. The molecule has 102 valence electrons. The third kappa shape index (κ3) is 2.91. The van der Waals surface area contributed by atoms with E-state index >= 15 is 0 Å². The number of nitrogens with one attached hydrogen (secondary N) is 1. The Labute approximate surface area is 124 Å². The minimum absolute atomic E-state index is 0.248. The summed E-state index contributed by atoms with van der Waals surface area (Å²) in [4.78, 5) is 26.8. The number of hydrogen-bond donors (Lipinski definition) is 1. The van der Waals surface area contributed by atoms with Crippen molar-refractivity contribution in [2.75, 3.05) is 0 Å². The van der Waals surface area contributed by atoms with E-state index in [4.69, 9.17) is 0 Å². The fourth-order valence-electron chi connectivity index (χ4n) is 1.62. The van der Waals surface area contributed by atoms with Gasteiger partial charge in [0, 0.05) is 22.4 Å². The molecule has 0 aliphatic heterocycles. The minimum Gasteiger partial charge on any atom is -0.305 e. The number of rotatable bonds is 1. The lowest BCUT2D eigenvalue weighted by molar-refractivity contribution is 1.12. The fourth-order valence-corrected chi connectivity index (χ4v) is 1.88. The van der Waals surface area contributed by atoms with Gasteiger partial charge in [0.15, 0.2) is 11.2 Å². The van der Waals surface area contributed by atoms with E-state index in [1.165, 1.54) is 12.4 Å². The van der Waals surface area contributed by atoms with Crippen LogP contribution in [0.5, 0.6) is 0 Å². The molecule has 3 rings (SSSR count). The summed E-state index contributed by atoms with van der Waals surface area (Å²) in [5, 5.41) is 0. The highest BCUT2D eigenvalue weighted by Gasteiger charge is 2.06. The Hall–Kier alpha value is -2.08. The van der Waals surface area contributed by atoms with Gasteiger partial charge in [0.05, 0.1) is 0 Å². The van der Waals surface area contributed by atoms with Crippen LogP contribution in [0.15, 0.2) is 45.9 Å². The Morgan fingerprint density at radius 2 is 1.70 bits per heavy atom. The molecule has 0 saturated carbocycles. The lowest BCUT2D eigenvalue weighted by Crippen LogP contribution is -2.11. The van der Waals surface area contributed by atoms with Gasteiger partial charge in [-0.15, -0.1) is 0 Å². The molecule has 0 atom stereocenters. The number of fused-ring (bicyclic) bond motifs is 1. The first-order valence-electron chi connectivity index (χ1n) is 6.21. The molecule has 0 unspecified atom stereocenters. The maximum Gasteiger partial charge on any atom is 0.279 e. The molecule has 20 heavy (non-hydrogen) atoms. The summed E-state index contributed by atoms with van der Waals surface area (Å²) in [6.07, 6.45) is 2.98. The second kappa shape index (κ2) is 6.38. The molecule has 0 radical (unpaired) electrons. The Morgan fingerprint density at radius 3 is 2.40 bits per heavy atom. The van der Waals surface area contributed by atoms with Crippen molar-refractivity contribution in [3.8, 4) is 11.4 Å². The van der Waals surface area contributed by atoms with E-state index < -0.39 is 0 Å². The molecule has 0 aliphatic rings. The topological polar surface area (TPSA) is 71.5 Å². The zero-order valence-electron chi connectivity index (χ0n) is 11.1. The van der Waals surface area contributed by atoms with Crippen molar-refractivity contribution in [3.05, 3.63) is 51.5 Å². The van der Waals surface area contributed by atoms with Crippen LogP contribution in [0.1, 0.15) is 13.8 Å². The van der Waals surface area contributed by atoms with Crippen LogP contribution < -0.4 is 5.56 Å². The Bertz CT molecular complexity index is 768. The van der Waals surface area contributed by atoms with Crippen molar-refractivity contribution in [1.29, 1.82) is 0 Å². The minimum atomic E-state index is -0.286. The highest BCUT2D eigenvalue weighted by atomic mass is 79.9. The van der Waals surface area contributed by atoms with Crippen LogP contribution in [-0.2, 0) is 0 Å². The van der Waals surface area contributed by atoms with Crippen LogP contribution in [0.4, 0.5) is 0 Å². The first-order chi connectivity index (χ1) is 9.74. The maximum atomic E-state index is 11.8. The highest BCUT2D eigenvalue weighted by molar-refractivity contribution is 9.10. The van der Waals surface area contributed by atoms with Crippen LogP contribution in [0.3, 0.4) is 0 Å². The molecular formula is C14H13BrN4O. The SMILES string of the molecule is CC.O=c1[nH]c(-c2ccc(Br)cc2)nc2nccnc12. The summed E-state index contributed by atoms with van der Waals surface area (Å²) < 4.78 is 0.967. The quantitative estimate of drug-likeness (QED) is 0.742. The zero-order chi connectivity index (χ0) is 14.5. The summed E-state index contributed by atoms with van der Waals surface area (Å²) in [7, 11) is 0. The second-order valence-corrected chi connectivity index (χ2v) is 4.57. The monoisotopic (exact) mass is 332 g/mol. The van der Waals surface area contributed by atoms with Gasteiger partial charge in [-0.1, -0.05) is 41.9 Å². The average molecular weight is 333 g/mol. The zero-order valence-corrected chi connectivity index (χ0v) is 12.7. The molecule has 0 fully saturated rings. The average Bonchev–Trinajstić information content (AvgIpc) is 2.50. The molecule has 6 heteroatoms. The molecule has 1 N–H and O–H groups in total. The van der Waals surface area contributed by atoms with Crippen molar-refractivity contribution < 1.29 is 0 Å². The number of halogens is 1. The number of benzene rings is 1. The number of aromatic amines is 1. The normalized spacial score (nSPS) is 9.95. The number of hydrogen-bond acceptors (Lipinski definition) is 4. The predicted molar refractivity (Wildman–Crippen MR) is 82.4 cm³/mol. The van der Waals surface area contributed by atoms with Crippen LogP contribution in [0.2, 0.25) is 0 Å². The molecule has 5 nitrogen and oxygen atoms in total. The van der Waals surface area contributed by atoms with Gasteiger partial charge in [-0.2, -0.15) is 0 Å². The van der Waals surface area contributed by atoms with Crippen LogP contribution in [0, 0.1) is 0 Å². The lowest BCUT2D eigenvalue weighted by atomic mass is 10.2. The van der Waals surface area contributed by atoms with Gasteiger partial charge in [-0.05, 0) is 12.1 Å². The van der Waals surface area contributed by atoms with E-state index in [-0.39, 0.29) is 11.1 Å². The van der Waals surface area contributed by atoms with Crippen molar-refractivity contribution in [2.45, 2.75) is 13.8 Å². The molecule has 0 aliphatic carbocycles. The molecule has 2 heterocycles. The first-order valence-corrected chi connectivity index (χ1v) is 7.00. The van der Waals surface area contributed by atoms with Gasteiger partial charge in [0.1, 0.15) is 5.82 Å². The smallest absolute Gasteiger partial charge is 0.279 e. The third-order valence-corrected chi connectivity index (χ3v) is 2.99. The van der Waals surface area contributed by atoms with E-state index in [9.17, 15) is 4.79 Å². The van der Waals surface area contributed by atoms with Crippen LogP contribution in [-0.4, -0.2) is 19.9 Å². The van der Waals surface area contributed by atoms with Gasteiger partial charge in [-0.25, -0.2) is 15.0 Å². The van der Waals surface area contributed by atoms with E-state index in [2.05, 4.69) is 35.9 Å². The van der Waals surface area contributed by atoms with E-state index in [1.54, 1.807) is 0 Å². The van der Waals surface area contributed by atoms with Gasteiger partial charge < -0.3 is 4.98 Å². The number of H-pyrrole nitrogens is 1. The van der Waals surface area contributed by atoms with Gasteiger partial charge in [-0.3, -0.25) is 4.79 Å². The van der Waals surface area contributed by atoms with Gasteiger partial charge >= 0.3 is 0 Å². The van der Waals surface area contributed by atoms with E-state index in [1.807, 2.05) is 38.1 Å². The molecule has 3 aromatic rings. The molecular weight excluding hydrogens is 320 g/mol. The Kier molecular flexibility index (Phi) is 4.57. The van der Waals surface area contributed by atoms with Crippen LogP contribution >= 0.6 is 15.9 Å². The standard InChI is InChI=1S/C12H7BrN4O.C2H6/c13-8-3-1-7(2-4-8)10-16-11-9(12(18)17-10)14-5-6-15-11;1-2/h1-6H,(H,15,16,17,18);1-2H3. The Morgan fingerprint density at radius 1 is 1.05 bits per heavy atom. The molecule has 1 aromatic carbocycles. The molecule has 0 bridgehead atoms. The fraction of sp³-hybridized carbons (Fsp3) is 0.143. The number of aromatic nitrogens is 4. The lowest BCUT2D eigenvalue weighted by Gasteiger charge is -2.02. The molecule has 0 amide bonds.